The van der Waals surface area contributed by atoms with E-state index in [1.165, 1.54) is 4.80 Å². The van der Waals surface area contributed by atoms with Crippen molar-refractivity contribution >= 4 is 5.91 Å². The fourth-order valence-electron chi connectivity index (χ4n) is 3.12. The number of nitrogens with one attached hydrogen (secondary N) is 1. The molecule has 2 heterocycles. The quantitative estimate of drug-likeness (QED) is 0.449. The third-order valence-electron chi connectivity index (χ3n) is 4.70. The van der Waals surface area contributed by atoms with Gasteiger partial charge in [-0.25, -0.2) is 0 Å². The number of hydrogen-bond donors (Lipinski definition) is 1. The number of ether oxygens (including phenoxy) is 1. The molecule has 1 N–H and O–H groups in total. The van der Waals surface area contributed by atoms with Gasteiger partial charge in [0.2, 0.25) is 11.7 Å². The Labute approximate surface area is 179 Å². The van der Waals surface area contributed by atoms with Gasteiger partial charge in [0.15, 0.2) is 0 Å². The van der Waals surface area contributed by atoms with E-state index in [4.69, 9.17) is 9.15 Å². The van der Waals surface area contributed by atoms with Crippen molar-refractivity contribution in [2.75, 3.05) is 0 Å². The summed E-state index contributed by atoms with van der Waals surface area (Å²) >= 11 is 0. The molecule has 0 saturated heterocycles. The van der Waals surface area contributed by atoms with E-state index in [9.17, 15) is 4.79 Å². The van der Waals surface area contributed by atoms with Gasteiger partial charge in [0.25, 0.3) is 0 Å². The minimum absolute atomic E-state index is 0.00479. The second-order valence-electron chi connectivity index (χ2n) is 7.13. The van der Waals surface area contributed by atoms with E-state index >= 15 is 0 Å². The molecule has 4 aromatic rings. The number of aromatic nitrogens is 4. The first-order chi connectivity index (χ1) is 15.2. The lowest BCUT2D eigenvalue weighted by Gasteiger charge is -2.07. The molecule has 31 heavy (non-hydrogen) atoms. The van der Waals surface area contributed by atoms with Crippen molar-refractivity contribution < 1.29 is 13.9 Å². The second-order valence-corrected chi connectivity index (χ2v) is 7.13. The van der Waals surface area contributed by atoms with Crippen molar-refractivity contribution in [3.8, 4) is 11.4 Å². The summed E-state index contributed by atoms with van der Waals surface area (Å²) in [7, 11) is 0. The zero-order chi connectivity index (χ0) is 21.5. The van der Waals surface area contributed by atoms with E-state index in [1.54, 1.807) is 6.26 Å². The van der Waals surface area contributed by atoms with Crippen LogP contribution in [0.3, 0.4) is 0 Å². The van der Waals surface area contributed by atoms with Crippen LogP contribution >= 0.6 is 0 Å². The Morgan fingerprint density at radius 3 is 2.77 bits per heavy atom. The maximum absolute atomic E-state index is 12.3. The summed E-state index contributed by atoms with van der Waals surface area (Å²) in [6, 6.07) is 19.4. The number of aryl methyl sites for hydroxylation is 1. The van der Waals surface area contributed by atoms with Gasteiger partial charge >= 0.3 is 0 Å². The number of carbonyl (C=O) groups excluding carboxylic acids is 1. The van der Waals surface area contributed by atoms with Crippen LogP contribution in [0.15, 0.2) is 71.3 Å². The summed E-state index contributed by atoms with van der Waals surface area (Å²) in [5.41, 5.74) is 3.97. The Morgan fingerprint density at radius 1 is 1.06 bits per heavy atom. The van der Waals surface area contributed by atoms with Gasteiger partial charge in [0.1, 0.15) is 18.9 Å². The summed E-state index contributed by atoms with van der Waals surface area (Å²) < 4.78 is 10.9. The molecule has 2 aromatic carbocycles. The highest BCUT2D eigenvalue weighted by molar-refractivity contribution is 5.75. The molecule has 158 valence electrons. The monoisotopic (exact) mass is 417 g/mol. The number of furan rings is 1. The van der Waals surface area contributed by atoms with Gasteiger partial charge in [-0.2, -0.15) is 4.80 Å². The molecule has 0 radical (unpaired) electrons. The van der Waals surface area contributed by atoms with E-state index in [0.717, 1.165) is 28.0 Å². The number of tetrazole rings is 1. The van der Waals surface area contributed by atoms with Gasteiger partial charge in [-0.3, -0.25) is 4.79 Å². The third kappa shape index (κ3) is 5.64. The van der Waals surface area contributed by atoms with Crippen LogP contribution in [0.4, 0.5) is 0 Å². The van der Waals surface area contributed by atoms with Crippen molar-refractivity contribution in [1.29, 1.82) is 0 Å². The largest absolute Gasteiger partial charge is 0.467 e. The van der Waals surface area contributed by atoms with E-state index in [0.29, 0.717) is 25.6 Å². The Hall–Kier alpha value is -3.78. The molecule has 0 atom stereocenters. The Balaban J connectivity index is 1.27. The fourth-order valence-corrected chi connectivity index (χ4v) is 3.12. The fraction of sp³-hybridized carbons (Fsp3) is 0.217. The van der Waals surface area contributed by atoms with Crippen LogP contribution in [-0.4, -0.2) is 26.1 Å². The minimum Gasteiger partial charge on any atom is -0.467 e. The number of carbonyl (C=O) groups is 1. The zero-order valence-electron chi connectivity index (χ0n) is 17.2. The summed E-state index contributed by atoms with van der Waals surface area (Å²) in [5.74, 6) is 1.11. The van der Waals surface area contributed by atoms with Crippen LogP contribution < -0.4 is 5.32 Å². The van der Waals surface area contributed by atoms with Crippen molar-refractivity contribution in [3.05, 3.63) is 89.4 Å². The van der Waals surface area contributed by atoms with Crippen molar-refractivity contribution in [3.63, 3.8) is 0 Å². The van der Waals surface area contributed by atoms with Crippen LogP contribution in [0.5, 0.6) is 0 Å². The zero-order valence-corrected chi connectivity index (χ0v) is 17.2. The van der Waals surface area contributed by atoms with Crippen molar-refractivity contribution in [2.45, 2.75) is 33.2 Å². The van der Waals surface area contributed by atoms with Crippen LogP contribution in [0.2, 0.25) is 0 Å². The predicted octanol–water partition coefficient (Wildman–Crippen LogP) is 3.27. The van der Waals surface area contributed by atoms with Gasteiger partial charge in [-0.1, -0.05) is 48.5 Å². The smallest absolute Gasteiger partial charge is 0.243 e. The predicted molar refractivity (Wildman–Crippen MR) is 113 cm³/mol. The molecule has 0 saturated carbocycles. The number of benzene rings is 2. The number of nitrogens with zero attached hydrogens (tertiary/aromatic N) is 4. The number of amides is 1. The van der Waals surface area contributed by atoms with E-state index in [-0.39, 0.29) is 12.5 Å². The number of rotatable bonds is 9. The summed E-state index contributed by atoms with van der Waals surface area (Å²) in [4.78, 5) is 13.6. The van der Waals surface area contributed by atoms with Gasteiger partial charge in [0.05, 0.1) is 12.9 Å². The van der Waals surface area contributed by atoms with Gasteiger partial charge in [0, 0.05) is 12.1 Å². The maximum atomic E-state index is 12.3. The van der Waals surface area contributed by atoms with Gasteiger partial charge in [-0.15, -0.1) is 10.2 Å². The summed E-state index contributed by atoms with van der Waals surface area (Å²) in [6.07, 6.45) is 1.63. The summed E-state index contributed by atoms with van der Waals surface area (Å²) in [6.45, 7) is 3.28. The number of hydrogen-bond acceptors (Lipinski definition) is 6. The summed E-state index contributed by atoms with van der Waals surface area (Å²) in [5, 5.41) is 15.3. The molecule has 0 aliphatic carbocycles. The first-order valence-corrected chi connectivity index (χ1v) is 9.96. The highest BCUT2D eigenvalue weighted by Crippen LogP contribution is 2.17. The molecule has 0 spiro atoms. The molecule has 4 rings (SSSR count). The third-order valence-corrected chi connectivity index (χ3v) is 4.70. The lowest BCUT2D eigenvalue weighted by molar-refractivity contribution is -0.122. The van der Waals surface area contributed by atoms with Crippen molar-refractivity contribution in [1.82, 2.24) is 25.5 Å². The van der Waals surface area contributed by atoms with Crippen LogP contribution in [0.25, 0.3) is 11.4 Å². The Kier molecular flexibility index (Phi) is 6.49. The lowest BCUT2D eigenvalue weighted by atomic mass is 10.1. The molecule has 0 fully saturated rings. The topological polar surface area (TPSA) is 95.1 Å². The first kappa shape index (κ1) is 20.5. The Morgan fingerprint density at radius 2 is 1.94 bits per heavy atom. The first-order valence-electron chi connectivity index (χ1n) is 9.96. The molecule has 0 aliphatic heterocycles. The molecule has 2 aromatic heterocycles. The standard InChI is InChI=1S/C23H23N5O3/c1-17-6-2-3-10-21(17)23-25-27-28(26-23)14-22(29)24-13-18-7-4-8-19(12-18)15-30-16-20-9-5-11-31-20/h2-12H,13-16H2,1H3,(H,24,29). The molecule has 8 nitrogen and oxygen atoms in total. The van der Waals surface area contributed by atoms with Crippen LogP contribution in [0.1, 0.15) is 22.5 Å². The molecule has 0 bridgehead atoms. The molecule has 0 unspecified atom stereocenters. The lowest BCUT2D eigenvalue weighted by Crippen LogP contribution is -2.28. The van der Waals surface area contributed by atoms with Gasteiger partial charge in [-0.05, 0) is 41.0 Å². The second kappa shape index (κ2) is 9.82. The maximum Gasteiger partial charge on any atom is 0.243 e. The normalized spacial score (nSPS) is 10.9. The van der Waals surface area contributed by atoms with Gasteiger partial charge < -0.3 is 14.5 Å². The average molecular weight is 417 g/mol. The molecular formula is C23H23N5O3. The highest BCUT2D eigenvalue weighted by atomic mass is 16.5. The molecular weight excluding hydrogens is 394 g/mol. The van der Waals surface area contributed by atoms with E-state index in [1.807, 2.05) is 67.6 Å². The van der Waals surface area contributed by atoms with Crippen molar-refractivity contribution in [2.24, 2.45) is 0 Å². The minimum atomic E-state index is -0.187. The average Bonchev–Trinajstić information content (AvgIpc) is 3.45. The molecule has 8 heteroatoms. The highest BCUT2D eigenvalue weighted by Gasteiger charge is 2.11. The Bertz CT molecular complexity index is 1140. The van der Waals surface area contributed by atoms with E-state index in [2.05, 4.69) is 20.7 Å². The van der Waals surface area contributed by atoms with E-state index < -0.39 is 0 Å². The van der Waals surface area contributed by atoms with Crippen LogP contribution in [-0.2, 0) is 35.8 Å². The molecule has 0 aliphatic rings. The SMILES string of the molecule is Cc1ccccc1-c1nnn(CC(=O)NCc2cccc(COCc3ccco3)c2)n1. The molecule has 1 amide bonds. The van der Waals surface area contributed by atoms with Crippen LogP contribution in [0, 0.1) is 6.92 Å².